The molecular formula is C23H19N3O6. The van der Waals surface area contributed by atoms with E-state index in [-0.39, 0.29) is 17.8 Å². The van der Waals surface area contributed by atoms with E-state index in [9.17, 15) is 24.3 Å². The van der Waals surface area contributed by atoms with Crippen molar-refractivity contribution in [3.8, 4) is 5.75 Å². The molecule has 0 unspecified atom stereocenters. The number of hydrogen-bond acceptors (Lipinski definition) is 5. The van der Waals surface area contributed by atoms with Gasteiger partial charge in [-0.2, -0.15) is 0 Å². The standard InChI is InChI=1S/C23H19N3O6/c1-2-32-19-10-6-5-9-18(19)26-22(30)16(21(29)24-23(26)31)11-14-12-25(13-20(27)28)17-8-4-3-7-15(14)17/h3-12H,2,13H2,1H3,(H,27,28)(H,24,29,31). The molecule has 2 aromatic carbocycles. The van der Waals surface area contributed by atoms with E-state index < -0.39 is 23.8 Å². The largest absolute Gasteiger partial charge is 0.492 e. The van der Waals surface area contributed by atoms with Gasteiger partial charge in [0.15, 0.2) is 0 Å². The molecule has 1 fully saturated rings. The van der Waals surface area contributed by atoms with Crippen LogP contribution in [0, 0.1) is 0 Å². The van der Waals surface area contributed by atoms with Crippen molar-refractivity contribution in [1.82, 2.24) is 9.88 Å². The monoisotopic (exact) mass is 433 g/mol. The molecule has 0 spiro atoms. The van der Waals surface area contributed by atoms with Crippen LogP contribution >= 0.6 is 0 Å². The number of aliphatic carboxylic acids is 1. The molecule has 162 valence electrons. The number of anilines is 1. The van der Waals surface area contributed by atoms with Crippen LogP contribution in [0.4, 0.5) is 10.5 Å². The number of urea groups is 1. The first-order valence-electron chi connectivity index (χ1n) is 9.83. The predicted octanol–water partition coefficient (Wildman–Crippen LogP) is 2.79. The summed E-state index contributed by atoms with van der Waals surface area (Å²) in [5, 5.41) is 12.0. The molecule has 1 aliphatic heterocycles. The second kappa shape index (κ2) is 8.38. The van der Waals surface area contributed by atoms with Crippen LogP contribution in [0.5, 0.6) is 5.75 Å². The number of carboxylic acids is 1. The molecule has 0 aliphatic carbocycles. The number of nitrogens with one attached hydrogen (secondary N) is 1. The molecule has 3 aromatic rings. The third kappa shape index (κ3) is 3.71. The molecule has 4 rings (SSSR count). The van der Waals surface area contributed by atoms with E-state index in [2.05, 4.69) is 5.32 Å². The van der Waals surface area contributed by atoms with Crippen LogP contribution in [0.1, 0.15) is 12.5 Å². The highest BCUT2D eigenvalue weighted by Crippen LogP contribution is 2.32. The average molecular weight is 433 g/mol. The van der Waals surface area contributed by atoms with Gasteiger partial charge in [0.1, 0.15) is 17.9 Å². The second-order valence-electron chi connectivity index (χ2n) is 6.98. The zero-order valence-corrected chi connectivity index (χ0v) is 17.1. The summed E-state index contributed by atoms with van der Waals surface area (Å²) < 4.78 is 7.04. The number of barbiturate groups is 1. The lowest BCUT2D eigenvalue weighted by Crippen LogP contribution is -2.54. The zero-order valence-electron chi connectivity index (χ0n) is 17.1. The lowest BCUT2D eigenvalue weighted by Gasteiger charge is -2.27. The van der Waals surface area contributed by atoms with Crippen LogP contribution in [0.15, 0.2) is 60.3 Å². The highest BCUT2D eigenvalue weighted by Gasteiger charge is 2.38. The summed E-state index contributed by atoms with van der Waals surface area (Å²) in [4.78, 5) is 50.4. The van der Waals surface area contributed by atoms with Crippen LogP contribution in [0.3, 0.4) is 0 Å². The maximum absolute atomic E-state index is 13.2. The Morgan fingerprint density at radius 3 is 2.56 bits per heavy atom. The first-order chi connectivity index (χ1) is 15.4. The van der Waals surface area contributed by atoms with E-state index in [0.717, 1.165) is 4.90 Å². The summed E-state index contributed by atoms with van der Waals surface area (Å²) in [5.41, 5.74) is 1.07. The van der Waals surface area contributed by atoms with Gasteiger partial charge < -0.3 is 14.4 Å². The molecule has 1 saturated heterocycles. The molecule has 0 bridgehead atoms. The molecule has 0 radical (unpaired) electrons. The molecular weight excluding hydrogens is 414 g/mol. The number of carbonyl (C=O) groups is 4. The van der Waals surface area contributed by atoms with E-state index >= 15 is 0 Å². The molecule has 2 N–H and O–H groups in total. The molecule has 9 heteroatoms. The van der Waals surface area contributed by atoms with Crippen LogP contribution in [0.2, 0.25) is 0 Å². The number of rotatable bonds is 6. The Kier molecular flexibility index (Phi) is 5.46. The topological polar surface area (TPSA) is 118 Å². The van der Waals surface area contributed by atoms with Crippen molar-refractivity contribution in [2.24, 2.45) is 0 Å². The molecule has 0 atom stereocenters. The molecule has 1 aliphatic rings. The van der Waals surface area contributed by atoms with Gasteiger partial charge in [-0.25, -0.2) is 9.69 Å². The highest BCUT2D eigenvalue weighted by molar-refractivity contribution is 6.39. The van der Waals surface area contributed by atoms with Gasteiger partial charge in [0.25, 0.3) is 11.8 Å². The minimum atomic E-state index is -1.03. The van der Waals surface area contributed by atoms with Gasteiger partial charge in [0, 0.05) is 22.7 Å². The molecule has 2 heterocycles. The normalized spacial score (nSPS) is 15.3. The fourth-order valence-electron chi connectivity index (χ4n) is 3.62. The van der Waals surface area contributed by atoms with Crippen molar-refractivity contribution >= 4 is 46.5 Å². The number of imide groups is 2. The third-order valence-corrected chi connectivity index (χ3v) is 4.93. The summed E-state index contributed by atoms with van der Waals surface area (Å²) in [6.45, 7) is 1.82. The van der Waals surface area contributed by atoms with Crippen LogP contribution in [-0.4, -0.2) is 40.1 Å². The van der Waals surface area contributed by atoms with Gasteiger partial charge in [-0.1, -0.05) is 30.3 Å². The second-order valence-corrected chi connectivity index (χ2v) is 6.98. The van der Waals surface area contributed by atoms with E-state index in [1.807, 2.05) is 0 Å². The van der Waals surface area contributed by atoms with Crippen molar-refractivity contribution in [3.05, 3.63) is 65.9 Å². The van der Waals surface area contributed by atoms with Crippen LogP contribution < -0.4 is 15.0 Å². The number of amides is 4. The van der Waals surface area contributed by atoms with Gasteiger partial charge in [0.2, 0.25) is 0 Å². The first kappa shape index (κ1) is 20.9. The van der Waals surface area contributed by atoms with Gasteiger partial charge in [-0.15, -0.1) is 0 Å². The minimum Gasteiger partial charge on any atom is -0.492 e. The number of hydrogen-bond donors (Lipinski definition) is 2. The van der Waals surface area contributed by atoms with Crippen molar-refractivity contribution in [2.45, 2.75) is 13.5 Å². The van der Waals surface area contributed by atoms with Crippen molar-refractivity contribution in [1.29, 1.82) is 0 Å². The molecule has 4 amide bonds. The lowest BCUT2D eigenvalue weighted by molar-refractivity contribution is -0.137. The number of nitrogens with zero attached hydrogens (tertiary/aromatic N) is 2. The number of para-hydroxylation sites is 3. The quantitative estimate of drug-likeness (QED) is 0.456. The summed E-state index contributed by atoms with van der Waals surface area (Å²) in [7, 11) is 0. The minimum absolute atomic E-state index is 0.212. The van der Waals surface area contributed by atoms with Crippen LogP contribution in [0.25, 0.3) is 17.0 Å². The van der Waals surface area contributed by atoms with E-state index in [0.29, 0.717) is 28.8 Å². The van der Waals surface area contributed by atoms with Gasteiger partial charge in [-0.05, 0) is 31.2 Å². The number of ether oxygens (including phenoxy) is 1. The first-order valence-corrected chi connectivity index (χ1v) is 9.83. The Balaban J connectivity index is 1.81. The van der Waals surface area contributed by atoms with Gasteiger partial charge in [0.05, 0.1) is 12.3 Å². The van der Waals surface area contributed by atoms with E-state index in [1.54, 1.807) is 61.7 Å². The van der Waals surface area contributed by atoms with Crippen LogP contribution in [-0.2, 0) is 20.9 Å². The lowest BCUT2D eigenvalue weighted by atomic mass is 10.1. The summed E-state index contributed by atoms with van der Waals surface area (Å²) >= 11 is 0. The molecule has 9 nitrogen and oxygen atoms in total. The number of aromatic nitrogens is 1. The Bertz CT molecular complexity index is 1290. The molecule has 0 saturated carbocycles. The third-order valence-electron chi connectivity index (χ3n) is 4.93. The Labute approximate surface area is 182 Å². The van der Waals surface area contributed by atoms with Gasteiger partial charge >= 0.3 is 12.0 Å². The Morgan fingerprint density at radius 2 is 1.81 bits per heavy atom. The van der Waals surface area contributed by atoms with Crippen molar-refractivity contribution in [2.75, 3.05) is 11.5 Å². The van der Waals surface area contributed by atoms with E-state index in [1.165, 1.54) is 10.6 Å². The maximum atomic E-state index is 13.2. The highest BCUT2D eigenvalue weighted by atomic mass is 16.5. The Hall–Kier alpha value is -4.40. The fraction of sp³-hybridized carbons (Fsp3) is 0.130. The molecule has 1 aromatic heterocycles. The summed E-state index contributed by atoms with van der Waals surface area (Å²) in [5.74, 6) is -2.34. The SMILES string of the molecule is CCOc1ccccc1N1C(=O)NC(=O)C(=Cc2cn(CC(=O)O)c3ccccc23)C1=O. The molecule has 32 heavy (non-hydrogen) atoms. The fourth-order valence-corrected chi connectivity index (χ4v) is 3.62. The summed E-state index contributed by atoms with van der Waals surface area (Å²) in [6, 6.07) is 12.7. The number of benzene rings is 2. The van der Waals surface area contributed by atoms with Gasteiger partial charge in [-0.3, -0.25) is 19.7 Å². The predicted molar refractivity (Wildman–Crippen MR) is 116 cm³/mol. The summed E-state index contributed by atoms with van der Waals surface area (Å²) in [6.07, 6.45) is 2.92. The number of carboxylic acid groups (broad SMARTS) is 1. The van der Waals surface area contributed by atoms with E-state index in [4.69, 9.17) is 4.74 Å². The number of fused-ring (bicyclic) bond motifs is 1. The maximum Gasteiger partial charge on any atom is 0.336 e. The smallest absolute Gasteiger partial charge is 0.336 e. The number of carbonyl (C=O) groups excluding carboxylic acids is 3. The van der Waals surface area contributed by atoms with Crippen molar-refractivity contribution in [3.63, 3.8) is 0 Å². The zero-order chi connectivity index (χ0) is 22.8. The average Bonchev–Trinajstić information content (AvgIpc) is 3.09. The Morgan fingerprint density at radius 1 is 1.09 bits per heavy atom. The van der Waals surface area contributed by atoms with Crippen molar-refractivity contribution < 1.29 is 29.0 Å².